The highest BCUT2D eigenvalue weighted by Crippen LogP contribution is 2.43. The third kappa shape index (κ3) is 3.18. The lowest BCUT2D eigenvalue weighted by molar-refractivity contribution is 0.136. The van der Waals surface area contributed by atoms with E-state index in [1.54, 1.807) is 0 Å². The van der Waals surface area contributed by atoms with Gasteiger partial charge in [-0.05, 0) is 36.7 Å². The maximum atomic E-state index is 6.95. The molecule has 3 unspecified atom stereocenters. The number of rotatable bonds is 6. The highest BCUT2D eigenvalue weighted by atomic mass is 14.7. The first kappa shape index (κ1) is 16.5. The minimum absolute atomic E-state index is 0.149. The summed E-state index contributed by atoms with van der Waals surface area (Å²) in [6, 6.07) is 11.3. The van der Waals surface area contributed by atoms with Crippen LogP contribution >= 0.6 is 0 Å². The predicted octanol–water partition coefficient (Wildman–Crippen LogP) is 5.29. The molecule has 2 N–H and O–H groups in total. The van der Waals surface area contributed by atoms with Crippen molar-refractivity contribution in [1.82, 2.24) is 0 Å². The molecule has 1 nitrogen and oxygen atoms in total. The van der Waals surface area contributed by atoms with Gasteiger partial charge >= 0.3 is 0 Å². The van der Waals surface area contributed by atoms with Crippen molar-refractivity contribution in [3.8, 4) is 0 Å². The fourth-order valence-corrected chi connectivity index (χ4v) is 4.72. The molecule has 0 spiro atoms. The molecule has 0 amide bonds. The summed E-state index contributed by atoms with van der Waals surface area (Å²) in [5, 5.41) is 0. The Hall–Kier alpha value is -0.820. The topological polar surface area (TPSA) is 26.0 Å². The van der Waals surface area contributed by atoms with Crippen molar-refractivity contribution >= 4 is 0 Å². The van der Waals surface area contributed by atoms with Crippen molar-refractivity contribution in [3.05, 3.63) is 35.9 Å². The molecular formula is C20H33N. The Bertz CT molecular complexity index is 407. The largest absolute Gasteiger partial charge is 0.327 e. The molecule has 118 valence electrons. The second-order valence-electron chi connectivity index (χ2n) is 6.87. The summed E-state index contributed by atoms with van der Waals surface area (Å²) in [6.45, 7) is 6.98. The first-order valence-electron chi connectivity index (χ1n) is 9.00. The van der Waals surface area contributed by atoms with E-state index in [0.29, 0.717) is 12.0 Å². The zero-order valence-corrected chi connectivity index (χ0v) is 14.1. The molecule has 3 atom stereocenters. The van der Waals surface area contributed by atoms with Crippen LogP contribution in [0.4, 0.5) is 0 Å². The summed E-state index contributed by atoms with van der Waals surface area (Å²) < 4.78 is 0. The van der Waals surface area contributed by atoms with Gasteiger partial charge < -0.3 is 5.73 Å². The van der Waals surface area contributed by atoms with Gasteiger partial charge in [-0.2, -0.15) is 0 Å². The standard InChI is InChI=1S/C20H33N/c1-4-16-12-10-11-15-18(16)19(21)20(5-2,6-3)17-13-8-7-9-14-17/h7-9,13-14,16,18-19H,4-6,10-12,15,21H2,1-3H3. The van der Waals surface area contributed by atoms with Crippen LogP contribution in [0.1, 0.15) is 71.3 Å². The van der Waals surface area contributed by atoms with E-state index in [0.717, 1.165) is 18.8 Å². The normalized spacial score (nSPS) is 24.8. The summed E-state index contributed by atoms with van der Waals surface area (Å²) in [5.41, 5.74) is 8.54. The Labute approximate surface area is 131 Å². The Balaban J connectivity index is 2.32. The third-order valence-electron chi connectivity index (χ3n) is 6.20. The molecule has 0 saturated heterocycles. The van der Waals surface area contributed by atoms with Crippen LogP contribution in [0.3, 0.4) is 0 Å². The van der Waals surface area contributed by atoms with Crippen LogP contribution in [-0.4, -0.2) is 6.04 Å². The zero-order chi connectivity index (χ0) is 15.3. The van der Waals surface area contributed by atoms with Gasteiger partial charge in [0.05, 0.1) is 0 Å². The second-order valence-corrected chi connectivity index (χ2v) is 6.87. The number of benzene rings is 1. The van der Waals surface area contributed by atoms with Crippen molar-refractivity contribution in [2.45, 2.75) is 77.2 Å². The lowest BCUT2D eigenvalue weighted by atomic mass is 9.61. The van der Waals surface area contributed by atoms with E-state index in [2.05, 4.69) is 51.1 Å². The molecule has 1 aromatic rings. The molecular weight excluding hydrogens is 254 g/mol. The van der Waals surface area contributed by atoms with Crippen molar-refractivity contribution in [2.75, 3.05) is 0 Å². The highest BCUT2D eigenvalue weighted by molar-refractivity contribution is 5.28. The van der Waals surface area contributed by atoms with Gasteiger partial charge in [0.1, 0.15) is 0 Å². The third-order valence-corrected chi connectivity index (χ3v) is 6.20. The van der Waals surface area contributed by atoms with Crippen molar-refractivity contribution in [1.29, 1.82) is 0 Å². The number of nitrogens with two attached hydrogens (primary N) is 1. The van der Waals surface area contributed by atoms with Crippen LogP contribution < -0.4 is 5.73 Å². The van der Waals surface area contributed by atoms with Gasteiger partial charge in [0, 0.05) is 11.5 Å². The van der Waals surface area contributed by atoms with Gasteiger partial charge in [-0.25, -0.2) is 0 Å². The van der Waals surface area contributed by atoms with Gasteiger partial charge in [-0.3, -0.25) is 0 Å². The molecule has 1 aromatic carbocycles. The first-order valence-corrected chi connectivity index (χ1v) is 9.00. The van der Waals surface area contributed by atoms with Crippen LogP contribution in [0.2, 0.25) is 0 Å². The molecule has 0 radical (unpaired) electrons. The average Bonchev–Trinajstić information content (AvgIpc) is 2.57. The SMILES string of the molecule is CCC1CCCCC1C(N)C(CC)(CC)c1ccccc1. The lowest BCUT2D eigenvalue weighted by Crippen LogP contribution is -2.52. The molecule has 0 heterocycles. The Morgan fingerprint density at radius 1 is 1.05 bits per heavy atom. The van der Waals surface area contributed by atoms with Gasteiger partial charge in [0.2, 0.25) is 0 Å². The summed E-state index contributed by atoms with van der Waals surface area (Å²) in [7, 11) is 0. The van der Waals surface area contributed by atoms with Crippen LogP contribution in [0, 0.1) is 11.8 Å². The smallest absolute Gasteiger partial charge is 0.0167 e. The van der Waals surface area contributed by atoms with E-state index >= 15 is 0 Å². The fraction of sp³-hybridized carbons (Fsp3) is 0.700. The van der Waals surface area contributed by atoms with E-state index in [1.165, 1.54) is 37.7 Å². The maximum Gasteiger partial charge on any atom is 0.0167 e. The molecule has 1 heteroatoms. The number of hydrogen-bond acceptors (Lipinski definition) is 1. The van der Waals surface area contributed by atoms with Crippen molar-refractivity contribution < 1.29 is 0 Å². The Kier molecular flexibility index (Phi) is 5.87. The predicted molar refractivity (Wildman–Crippen MR) is 92.4 cm³/mol. The van der Waals surface area contributed by atoms with Gasteiger partial charge in [0.15, 0.2) is 0 Å². The van der Waals surface area contributed by atoms with E-state index in [4.69, 9.17) is 5.73 Å². The monoisotopic (exact) mass is 287 g/mol. The molecule has 1 aliphatic rings. The van der Waals surface area contributed by atoms with Crippen molar-refractivity contribution in [3.63, 3.8) is 0 Å². The van der Waals surface area contributed by atoms with Crippen LogP contribution in [0.15, 0.2) is 30.3 Å². The molecule has 2 rings (SSSR count). The first-order chi connectivity index (χ1) is 10.2. The maximum absolute atomic E-state index is 6.95. The molecule has 0 aliphatic heterocycles. The highest BCUT2D eigenvalue weighted by Gasteiger charge is 2.42. The zero-order valence-electron chi connectivity index (χ0n) is 14.1. The van der Waals surface area contributed by atoms with Gasteiger partial charge in [-0.1, -0.05) is 76.8 Å². The lowest BCUT2D eigenvalue weighted by Gasteiger charge is -2.46. The second kappa shape index (κ2) is 7.45. The summed E-state index contributed by atoms with van der Waals surface area (Å²) >= 11 is 0. The molecule has 1 saturated carbocycles. The minimum Gasteiger partial charge on any atom is -0.327 e. The van der Waals surface area contributed by atoms with E-state index in [1.807, 2.05) is 0 Å². The molecule has 1 aliphatic carbocycles. The van der Waals surface area contributed by atoms with Crippen LogP contribution in [0.5, 0.6) is 0 Å². The summed E-state index contributed by atoms with van der Waals surface area (Å²) in [4.78, 5) is 0. The van der Waals surface area contributed by atoms with Gasteiger partial charge in [-0.15, -0.1) is 0 Å². The molecule has 0 bridgehead atoms. The molecule has 21 heavy (non-hydrogen) atoms. The van der Waals surface area contributed by atoms with Gasteiger partial charge in [0.25, 0.3) is 0 Å². The van der Waals surface area contributed by atoms with E-state index < -0.39 is 0 Å². The van der Waals surface area contributed by atoms with E-state index in [-0.39, 0.29) is 5.41 Å². The molecule has 1 fully saturated rings. The fourth-order valence-electron chi connectivity index (χ4n) is 4.72. The number of hydrogen-bond donors (Lipinski definition) is 1. The average molecular weight is 287 g/mol. The molecule has 0 aromatic heterocycles. The van der Waals surface area contributed by atoms with Crippen LogP contribution in [-0.2, 0) is 5.41 Å². The summed E-state index contributed by atoms with van der Waals surface area (Å²) in [5.74, 6) is 1.53. The summed E-state index contributed by atoms with van der Waals surface area (Å²) in [6.07, 6.45) is 9.05. The van der Waals surface area contributed by atoms with Crippen LogP contribution in [0.25, 0.3) is 0 Å². The van der Waals surface area contributed by atoms with E-state index in [9.17, 15) is 0 Å². The Morgan fingerprint density at radius 2 is 1.67 bits per heavy atom. The quantitative estimate of drug-likeness (QED) is 0.756. The van der Waals surface area contributed by atoms with Crippen molar-refractivity contribution in [2.24, 2.45) is 17.6 Å². The Morgan fingerprint density at radius 3 is 2.24 bits per heavy atom. The minimum atomic E-state index is 0.149.